The molecule has 0 aliphatic rings. The van der Waals surface area contributed by atoms with E-state index in [2.05, 4.69) is 37.6 Å². The average molecular weight is 605 g/mol. The van der Waals surface area contributed by atoms with Gasteiger partial charge < -0.3 is 19.7 Å². The Morgan fingerprint density at radius 2 is 0.943 bits per heavy atom. The van der Waals surface area contributed by atoms with Crippen LogP contribution in [-0.2, 0) is 28.7 Å². The van der Waals surface area contributed by atoms with Crippen molar-refractivity contribution in [2.45, 2.75) is 88.9 Å². The van der Waals surface area contributed by atoms with E-state index in [9.17, 15) is 19.2 Å². The van der Waals surface area contributed by atoms with Gasteiger partial charge in [0, 0.05) is 24.3 Å². The van der Waals surface area contributed by atoms with E-state index in [4.69, 9.17) is 19.7 Å². The van der Waals surface area contributed by atoms with Crippen LogP contribution in [0.5, 0.6) is 0 Å². The summed E-state index contributed by atoms with van der Waals surface area (Å²) in [6.07, 6.45) is 11.8. The Labute approximate surface area is 221 Å². The number of hydrogen-bond donors (Lipinski definition) is 2. The summed E-state index contributed by atoms with van der Waals surface area (Å²) in [4.78, 5) is 46.6. The van der Waals surface area contributed by atoms with Crippen LogP contribution in [0.15, 0.2) is 24.3 Å². The van der Waals surface area contributed by atoms with Gasteiger partial charge in [0.25, 0.3) is 0 Å². The first-order valence-electron chi connectivity index (χ1n) is 12.2. The van der Waals surface area contributed by atoms with E-state index in [1.807, 2.05) is 0 Å². The third kappa shape index (κ3) is 42.7. The molecule has 0 saturated carbocycles. The first-order chi connectivity index (χ1) is 16.5. The Morgan fingerprint density at radius 1 is 0.629 bits per heavy atom. The van der Waals surface area contributed by atoms with E-state index in [0.29, 0.717) is 25.0 Å². The summed E-state index contributed by atoms with van der Waals surface area (Å²) in [6, 6.07) is 0. The van der Waals surface area contributed by atoms with Crippen molar-refractivity contribution in [1.29, 1.82) is 0 Å². The number of hydrogen-bond acceptors (Lipinski definition) is 6. The van der Waals surface area contributed by atoms with Crippen molar-refractivity contribution >= 4 is 45.0 Å². The molecule has 2 radical (unpaired) electrons. The molecule has 202 valence electrons. The fraction of sp³-hybridized carbons (Fsp3) is 0.692. The quantitative estimate of drug-likeness (QED) is 0.101. The van der Waals surface area contributed by atoms with Crippen LogP contribution in [0.1, 0.15) is 79.1 Å². The molecule has 0 fully saturated rings. The molecule has 8 nitrogen and oxygen atoms in total. The van der Waals surface area contributed by atoms with Gasteiger partial charge >= 0.3 is 54.9 Å². The zero-order valence-electron chi connectivity index (χ0n) is 22.4. The normalized spacial score (nSPS) is 10.5. The van der Waals surface area contributed by atoms with Crippen LogP contribution in [0.25, 0.3) is 0 Å². The minimum absolute atomic E-state index is 0.230. The molecule has 0 aliphatic heterocycles. The Morgan fingerprint density at radius 3 is 1.20 bits per heavy atom. The van der Waals surface area contributed by atoms with Gasteiger partial charge in [-0.1, -0.05) is 66.2 Å². The van der Waals surface area contributed by atoms with Crippen LogP contribution < -0.4 is 0 Å². The van der Waals surface area contributed by atoms with Crippen LogP contribution in [-0.4, -0.2) is 68.4 Å². The van der Waals surface area contributed by atoms with E-state index >= 15 is 0 Å². The van der Waals surface area contributed by atoms with Crippen molar-refractivity contribution in [3.05, 3.63) is 24.3 Å². The van der Waals surface area contributed by atoms with Crippen LogP contribution in [0, 0.1) is 11.8 Å². The SMILES string of the molecule is CC(C)CCCCCOC(=O)/C=C\C(=O)O.CC(C)CCCCCOC(=O)/C=C\C(=O)O.[CH3][Sn][CH3]. The second-order valence-corrected chi connectivity index (χ2v) is 11.5. The number of rotatable bonds is 16. The summed E-state index contributed by atoms with van der Waals surface area (Å²) in [7, 11) is 0. The van der Waals surface area contributed by atoms with Gasteiger partial charge in [-0.05, 0) is 24.7 Å². The van der Waals surface area contributed by atoms with Gasteiger partial charge in [-0.2, -0.15) is 0 Å². The van der Waals surface area contributed by atoms with E-state index in [1.54, 1.807) is 0 Å². The van der Waals surface area contributed by atoms with Gasteiger partial charge in [-0.25, -0.2) is 19.2 Å². The molecule has 9 heteroatoms. The third-order valence-electron chi connectivity index (χ3n) is 4.06. The maximum atomic E-state index is 10.9. The summed E-state index contributed by atoms with van der Waals surface area (Å²) in [5.41, 5.74) is 0. The topological polar surface area (TPSA) is 127 Å². The third-order valence-corrected chi connectivity index (χ3v) is 4.06. The summed E-state index contributed by atoms with van der Waals surface area (Å²) >= 11 is 0.230. The van der Waals surface area contributed by atoms with Crippen LogP contribution >= 0.6 is 0 Å². The van der Waals surface area contributed by atoms with Crippen LogP contribution in [0.4, 0.5) is 0 Å². The predicted molar refractivity (Wildman–Crippen MR) is 140 cm³/mol. The molecule has 0 bridgehead atoms. The Balaban J connectivity index is -0.000000525. The van der Waals surface area contributed by atoms with Crippen LogP contribution in [0.3, 0.4) is 0 Å². The second kappa shape index (κ2) is 28.4. The van der Waals surface area contributed by atoms with Gasteiger partial charge in [0.05, 0.1) is 13.2 Å². The molecule has 0 spiro atoms. The molecule has 0 aliphatic carbocycles. The molecule has 0 rings (SSSR count). The summed E-state index contributed by atoms with van der Waals surface area (Å²) in [5.74, 6) is -2.05. The van der Waals surface area contributed by atoms with Crippen molar-refractivity contribution < 1.29 is 38.9 Å². The first kappa shape index (κ1) is 37.7. The molecule has 0 unspecified atom stereocenters. The number of unbranched alkanes of at least 4 members (excludes halogenated alkanes) is 4. The molecule has 0 atom stereocenters. The van der Waals surface area contributed by atoms with Crippen molar-refractivity contribution in [2.24, 2.45) is 11.8 Å². The fourth-order valence-electron chi connectivity index (χ4n) is 2.38. The van der Waals surface area contributed by atoms with Crippen LogP contribution in [0.2, 0.25) is 9.88 Å². The van der Waals surface area contributed by atoms with Gasteiger partial charge in [0.1, 0.15) is 0 Å². The van der Waals surface area contributed by atoms with Gasteiger partial charge in [-0.3, -0.25) is 0 Å². The molecule has 0 heterocycles. The standard InChI is InChI=1S/2C12H20O4.2CH3.Sn/c2*1-10(2)6-4-3-5-9-16-12(15)8-7-11(13)14;;;/h2*7-8,10H,3-6,9H2,1-2H3,(H,13,14);2*1H3;/b2*8-7-;;;. The van der Waals surface area contributed by atoms with E-state index in [-0.39, 0.29) is 21.1 Å². The Kier molecular flexibility index (Phi) is 30.6. The monoisotopic (exact) mass is 606 g/mol. The van der Waals surface area contributed by atoms with Gasteiger partial charge in [0.15, 0.2) is 0 Å². The van der Waals surface area contributed by atoms with Crippen molar-refractivity contribution in [2.75, 3.05) is 13.2 Å². The first-order valence-corrected chi connectivity index (χ1v) is 17.9. The Bertz CT molecular complexity index is 560. The number of carbonyl (C=O) groups is 4. The maximum absolute atomic E-state index is 10.9. The van der Waals surface area contributed by atoms with Gasteiger partial charge in [-0.15, -0.1) is 0 Å². The number of carboxylic acids is 2. The molecular weight excluding hydrogens is 559 g/mol. The van der Waals surface area contributed by atoms with E-state index < -0.39 is 23.9 Å². The van der Waals surface area contributed by atoms with Crippen molar-refractivity contribution in [3.8, 4) is 0 Å². The summed E-state index contributed by atoms with van der Waals surface area (Å²) < 4.78 is 9.62. The molecule has 0 saturated heterocycles. The summed E-state index contributed by atoms with van der Waals surface area (Å²) in [5, 5.41) is 16.5. The van der Waals surface area contributed by atoms with E-state index in [1.165, 1.54) is 12.8 Å². The zero-order chi connectivity index (χ0) is 27.5. The molecule has 0 aromatic heterocycles. The Hall–Kier alpha value is -1.84. The molecule has 0 aromatic rings. The molecule has 35 heavy (non-hydrogen) atoms. The number of carbonyl (C=O) groups excluding carboxylic acids is 2. The zero-order valence-corrected chi connectivity index (χ0v) is 25.2. The number of esters is 2. The molecular formula is C26H46O8Sn. The predicted octanol–water partition coefficient (Wildman–Crippen LogP) is 5.56. The van der Waals surface area contributed by atoms with Crippen molar-refractivity contribution in [1.82, 2.24) is 0 Å². The second-order valence-electron chi connectivity index (χ2n) is 8.66. The number of aliphatic carboxylic acids is 2. The van der Waals surface area contributed by atoms with Crippen molar-refractivity contribution in [3.63, 3.8) is 0 Å². The average Bonchev–Trinajstić information content (AvgIpc) is 2.76. The molecule has 0 amide bonds. The summed E-state index contributed by atoms with van der Waals surface area (Å²) in [6.45, 7) is 9.43. The number of ether oxygens (including phenoxy) is 2. The van der Waals surface area contributed by atoms with Gasteiger partial charge in [0.2, 0.25) is 0 Å². The molecule has 2 N–H and O–H groups in total. The fourth-order valence-corrected chi connectivity index (χ4v) is 2.38. The molecule has 0 aromatic carbocycles. The number of carboxylic acid groups (broad SMARTS) is 2. The minimum atomic E-state index is -1.14. The van der Waals surface area contributed by atoms with E-state index in [0.717, 1.165) is 62.8 Å².